The van der Waals surface area contributed by atoms with Gasteiger partial charge in [0.15, 0.2) is 0 Å². The Morgan fingerprint density at radius 3 is 2.93 bits per heavy atom. The average molecular weight is 204 g/mol. The number of para-hydroxylation sites is 1. The summed E-state index contributed by atoms with van der Waals surface area (Å²) >= 11 is 0. The molecule has 0 saturated heterocycles. The maximum atomic E-state index is 5.72. The minimum Gasteiger partial charge on any atom is -0.361 e. The van der Waals surface area contributed by atoms with Crippen molar-refractivity contribution in [2.45, 2.75) is 20.2 Å². The van der Waals surface area contributed by atoms with E-state index in [2.05, 4.69) is 22.8 Å². The van der Waals surface area contributed by atoms with Crippen LogP contribution < -0.4 is 5.73 Å². The fourth-order valence-corrected chi connectivity index (χ4v) is 1.80. The highest BCUT2D eigenvalue weighted by Gasteiger charge is 2.04. The Kier molecular flexibility index (Phi) is 3.04. The Labute approximate surface area is 89.4 Å². The van der Waals surface area contributed by atoms with Crippen LogP contribution in [-0.4, -0.2) is 11.2 Å². The predicted octanol–water partition coefficient (Wildman–Crippen LogP) is 2.09. The summed E-state index contributed by atoms with van der Waals surface area (Å²) in [6.07, 6.45) is 2.04. The summed E-state index contributed by atoms with van der Waals surface area (Å²) < 4.78 is 7.51. The first-order chi connectivity index (χ1) is 7.36. The fourth-order valence-electron chi connectivity index (χ4n) is 1.80. The van der Waals surface area contributed by atoms with Gasteiger partial charge >= 0.3 is 0 Å². The highest BCUT2D eigenvalue weighted by molar-refractivity contribution is 5.83. The topological polar surface area (TPSA) is 40.2 Å². The number of benzene rings is 1. The van der Waals surface area contributed by atoms with E-state index in [0.717, 1.165) is 12.2 Å². The first-order valence-corrected chi connectivity index (χ1v) is 5.21. The summed E-state index contributed by atoms with van der Waals surface area (Å²) in [5, 5.41) is 1.22. The number of fused-ring (bicyclic) bond motifs is 1. The van der Waals surface area contributed by atoms with E-state index in [0.29, 0.717) is 13.3 Å². The Balaban J connectivity index is 2.46. The summed E-state index contributed by atoms with van der Waals surface area (Å²) in [7, 11) is 0. The van der Waals surface area contributed by atoms with E-state index in [1.807, 2.05) is 19.2 Å². The lowest BCUT2D eigenvalue weighted by Gasteiger charge is -2.08. The van der Waals surface area contributed by atoms with Gasteiger partial charge in [0.2, 0.25) is 0 Å². The molecule has 0 bridgehead atoms. The molecule has 0 unspecified atom stereocenters. The van der Waals surface area contributed by atoms with Gasteiger partial charge in [-0.25, -0.2) is 0 Å². The van der Waals surface area contributed by atoms with Crippen LogP contribution in [0.4, 0.5) is 0 Å². The zero-order chi connectivity index (χ0) is 10.7. The molecular formula is C12H16N2O. The van der Waals surface area contributed by atoms with Gasteiger partial charge in [-0.3, -0.25) is 0 Å². The van der Waals surface area contributed by atoms with Crippen molar-refractivity contribution in [3.8, 4) is 0 Å². The third-order valence-corrected chi connectivity index (χ3v) is 2.53. The van der Waals surface area contributed by atoms with E-state index < -0.39 is 0 Å². The maximum Gasteiger partial charge on any atom is 0.122 e. The molecule has 0 aliphatic heterocycles. The molecule has 0 fully saturated rings. The lowest BCUT2D eigenvalue weighted by atomic mass is 10.1. The monoisotopic (exact) mass is 204 g/mol. The summed E-state index contributed by atoms with van der Waals surface area (Å²) in [5.41, 5.74) is 8.07. The summed E-state index contributed by atoms with van der Waals surface area (Å²) in [4.78, 5) is 0. The second kappa shape index (κ2) is 4.47. The molecule has 0 atom stereocenters. The molecule has 2 aromatic rings. The van der Waals surface area contributed by atoms with Crippen LogP contribution in [0.25, 0.3) is 10.9 Å². The van der Waals surface area contributed by atoms with Gasteiger partial charge in [-0.2, -0.15) is 0 Å². The van der Waals surface area contributed by atoms with Crippen molar-refractivity contribution in [2.75, 3.05) is 6.61 Å². The SMILES string of the molecule is CCOCn1ccc2cccc(CN)c21. The fraction of sp³-hybridized carbons (Fsp3) is 0.333. The van der Waals surface area contributed by atoms with Gasteiger partial charge in [-0.1, -0.05) is 18.2 Å². The van der Waals surface area contributed by atoms with Crippen LogP contribution in [0.15, 0.2) is 30.5 Å². The van der Waals surface area contributed by atoms with Crippen molar-refractivity contribution in [3.05, 3.63) is 36.0 Å². The first kappa shape index (κ1) is 10.2. The van der Waals surface area contributed by atoms with E-state index in [-0.39, 0.29) is 0 Å². The van der Waals surface area contributed by atoms with E-state index in [9.17, 15) is 0 Å². The molecule has 3 nitrogen and oxygen atoms in total. The Bertz CT molecular complexity index is 448. The molecule has 80 valence electrons. The van der Waals surface area contributed by atoms with Gasteiger partial charge in [0.05, 0.1) is 5.52 Å². The third-order valence-electron chi connectivity index (χ3n) is 2.53. The second-order valence-corrected chi connectivity index (χ2v) is 3.47. The van der Waals surface area contributed by atoms with E-state index in [4.69, 9.17) is 10.5 Å². The van der Waals surface area contributed by atoms with Gasteiger partial charge in [-0.05, 0) is 23.9 Å². The summed E-state index contributed by atoms with van der Waals surface area (Å²) in [6.45, 7) is 3.88. The molecule has 0 radical (unpaired) electrons. The molecule has 3 heteroatoms. The number of ether oxygens (including phenoxy) is 1. The van der Waals surface area contributed by atoms with E-state index in [1.54, 1.807) is 0 Å². The van der Waals surface area contributed by atoms with Crippen molar-refractivity contribution in [1.82, 2.24) is 4.57 Å². The molecule has 0 aliphatic rings. The molecule has 0 aliphatic carbocycles. The number of rotatable bonds is 4. The van der Waals surface area contributed by atoms with Gasteiger partial charge in [0, 0.05) is 19.3 Å². The van der Waals surface area contributed by atoms with Gasteiger partial charge < -0.3 is 15.0 Å². The minimum absolute atomic E-state index is 0.563. The molecule has 0 saturated carbocycles. The molecule has 2 N–H and O–H groups in total. The van der Waals surface area contributed by atoms with Crippen LogP contribution in [0.5, 0.6) is 0 Å². The smallest absolute Gasteiger partial charge is 0.122 e. The quantitative estimate of drug-likeness (QED) is 0.828. The Morgan fingerprint density at radius 2 is 2.20 bits per heavy atom. The average Bonchev–Trinajstić information content (AvgIpc) is 2.69. The first-order valence-electron chi connectivity index (χ1n) is 5.21. The highest BCUT2D eigenvalue weighted by atomic mass is 16.5. The number of nitrogens with zero attached hydrogens (tertiary/aromatic N) is 1. The number of hydrogen-bond acceptors (Lipinski definition) is 2. The normalized spacial score (nSPS) is 11.1. The summed E-state index contributed by atoms with van der Waals surface area (Å²) in [5.74, 6) is 0. The van der Waals surface area contributed by atoms with Crippen LogP contribution in [0.1, 0.15) is 12.5 Å². The molecule has 1 aromatic heterocycles. The summed E-state index contributed by atoms with van der Waals surface area (Å²) in [6, 6.07) is 8.28. The zero-order valence-corrected chi connectivity index (χ0v) is 8.94. The van der Waals surface area contributed by atoms with Crippen molar-refractivity contribution >= 4 is 10.9 Å². The van der Waals surface area contributed by atoms with Gasteiger partial charge in [0.25, 0.3) is 0 Å². The number of hydrogen-bond donors (Lipinski definition) is 1. The Morgan fingerprint density at radius 1 is 1.33 bits per heavy atom. The lowest BCUT2D eigenvalue weighted by Crippen LogP contribution is -2.04. The highest BCUT2D eigenvalue weighted by Crippen LogP contribution is 2.19. The predicted molar refractivity (Wildman–Crippen MR) is 61.5 cm³/mol. The van der Waals surface area contributed by atoms with E-state index in [1.165, 1.54) is 10.9 Å². The third kappa shape index (κ3) is 1.89. The van der Waals surface area contributed by atoms with Crippen molar-refractivity contribution in [2.24, 2.45) is 5.73 Å². The van der Waals surface area contributed by atoms with Crippen LogP contribution in [0.3, 0.4) is 0 Å². The lowest BCUT2D eigenvalue weighted by molar-refractivity contribution is 0.0908. The van der Waals surface area contributed by atoms with Crippen LogP contribution in [0.2, 0.25) is 0 Å². The molecule has 2 rings (SSSR count). The van der Waals surface area contributed by atoms with Crippen molar-refractivity contribution in [3.63, 3.8) is 0 Å². The number of aromatic nitrogens is 1. The standard InChI is InChI=1S/C12H16N2O/c1-2-15-9-14-7-6-10-4-3-5-11(8-13)12(10)14/h3-7H,2,8-9,13H2,1H3. The largest absolute Gasteiger partial charge is 0.361 e. The minimum atomic E-state index is 0.563. The Hall–Kier alpha value is -1.32. The van der Waals surface area contributed by atoms with Crippen LogP contribution in [-0.2, 0) is 18.0 Å². The second-order valence-electron chi connectivity index (χ2n) is 3.47. The van der Waals surface area contributed by atoms with Gasteiger partial charge in [-0.15, -0.1) is 0 Å². The maximum absolute atomic E-state index is 5.72. The zero-order valence-electron chi connectivity index (χ0n) is 8.94. The molecule has 15 heavy (non-hydrogen) atoms. The molecule has 0 spiro atoms. The van der Waals surface area contributed by atoms with Gasteiger partial charge in [0.1, 0.15) is 6.73 Å². The van der Waals surface area contributed by atoms with Crippen molar-refractivity contribution < 1.29 is 4.74 Å². The molecule has 1 aromatic carbocycles. The van der Waals surface area contributed by atoms with Crippen LogP contribution in [0, 0.1) is 0 Å². The molecular weight excluding hydrogens is 188 g/mol. The molecule has 0 amide bonds. The van der Waals surface area contributed by atoms with Crippen molar-refractivity contribution in [1.29, 1.82) is 0 Å². The van der Waals surface area contributed by atoms with E-state index >= 15 is 0 Å². The molecule has 1 heterocycles. The van der Waals surface area contributed by atoms with Crippen LogP contribution >= 0.6 is 0 Å². The number of nitrogens with two attached hydrogens (primary N) is 1.